The molecule has 0 bridgehead atoms. The molecule has 0 aromatic carbocycles. The fourth-order valence-electron chi connectivity index (χ4n) is 1.18. The minimum Gasteiger partial charge on any atom is -0.492 e. The normalized spacial score (nSPS) is 10.7. The molecule has 68 valence electrons. The Hall–Kier alpha value is -1.10. The van der Waals surface area contributed by atoms with Crippen LogP contribution in [0.1, 0.15) is 0 Å². The van der Waals surface area contributed by atoms with E-state index < -0.39 is 0 Å². The first-order chi connectivity index (χ1) is 6.22. The molecule has 0 amide bonds. The summed E-state index contributed by atoms with van der Waals surface area (Å²) in [7, 11) is 1.43. The van der Waals surface area contributed by atoms with Gasteiger partial charge in [0.1, 0.15) is 10.1 Å². The molecule has 5 heteroatoms. The molecule has 2 heterocycles. The van der Waals surface area contributed by atoms with Gasteiger partial charge in [-0.15, -0.1) is 0 Å². The van der Waals surface area contributed by atoms with Crippen molar-refractivity contribution in [1.82, 2.24) is 9.61 Å². The van der Waals surface area contributed by atoms with Crippen LogP contribution in [0, 0.1) is 5.82 Å². The van der Waals surface area contributed by atoms with Crippen LogP contribution in [0.5, 0.6) is 5.75 Å². The summed E-state index contributed by atoms with van der Waals surface area (Å²) in [6.07, 6.45) is 1.54. The standard InChI is InChI=1S/C8H6BrFN2O/c1-13-8-5(10)2-3-12-6(8)4-7(9)11-12/h2-4H,1H3. The largest absolute Gasteiger partial charge is 0.492 e. The van der Waals surface area contributed by atoms with Crippen LogP contribution in [-0.4, -0.2) is 16.7 Å². The van der Waals surface area contributed by atoms with Crippen LogP contribution in [0.3, 0.4) is 0 Å². The van der Waals surface area contributed by atoms with E-state index in [1.54, 1.807) is 10.6 Å². The third-order valence-corrected chi connectivity index (χ3v) is 2.11. The van der Waals surface area contributed by atoms with Crippen LogP contribution < -0.4 is 4.74 Å². The fourth-order valence-corrected chi connectivity index (χ4v) is 1.57. The van der Waals surface area contributed by atoms with Gasteiger partial charge in [0.2, 0.25) is 0 Å². The summed E-state index contributed by atoms with van der Waals surface area (Å²) in [5.74, 6) is -0.178. The zero-order valence-electron chi connectivity index (χ0n) is 6.79. The molecule has 0 aliphatic rings. The van der Waals surface area contributed by atoms with Crippen molar-refractivity contribution in [1.29, 1.82) is 0 Å². The van der Waals surface area contributed by atoms with Crippen LogP contribution in [-0.2, 0) is 0 Å². The molecule has 2 aromatic rings. The predicted octanol–water partition coefficient (Wildman–Crippen LogP) is 2.24. The molecule has 0 radical (unpaired) electrons. The maximum atomic E-state index is 13.1. The smallest absolute Gasteiger partial charge is 0.180 e. The van der Waals surface area contributed by atoms with Gasteiger partial charge in [0, 0.05) is 12.3 Å². The topological polar surface area (TPSA) is 26.5 Å². The average molecular weight is 245 g/mol. The Balaban J connectivity index is 2.82. The average Bonchev–Trinajstić information content (AvgIpc) is 2.45. The first kappa shape index (κ1) is 8.50. The van der Waals surface area contributed by atoms with Crippen molar-refractivity contribution in [3.8, 4) is 5.75 Å². The molecule has 0 N–H and O–H groups in total. The summed E-state index contributed by atoms with van der Waals surface area (Å²) >= 11 is 3.20. The summed E-state index contributed by atoms with van der Waals surface area (Å²) in [5.41, 5.74) is 0.606. The van der Waals surface area contributed by atoms with E-state index >= 15 is 0 Å². The number of nitrogens with zero attached hydrogens (tertiary/aromatic N) is 2. The Morgan fingerprint density at radius 2 is 2.38 bits per heavy atom. The zero-order chi connectivity index (χ0) is 9.42. The number of aromatic nitrogens is 2. The predicted molar refractivity (Wildman–Crippen MR) is 49.4 cm³/mol. The number of hydrogen-bond acceptors (Lipinski definition) is 2. The van der Waals surface area contributed by atoms with Gasteiger partial charge >= 0.3 is 0 Å². The molecule has 0 aliphatic heterocycles. The molecule has 0 saturated carbocycles. The van der Waals surface area contributed by atoms with Crippen LogP contribution in [0.25, 0.3) is 5.52 Å². The van der Waals surface area contributed by atoms with Gasteiger partial charge in [-0.25, -0.2) is 8.91 Å². The highest BCUT2D eigenvalue weighted by molar-refractivity contribution is 9.10. The molecule has 0 aliphatic carbocycles. The molecule has 0 fully saturated rings. The molecule has 2 aromatic heterocycles. The molecule has 2 rings (SSSR count). The zero-order valence-corrected chi connectivity index (χ0v) is 8.38. The van der Waals surface area contributed by atoms with Gasteiger partial charge in [0.15, 0.2) is 11.6 Å². The van der Waals surface area contributed by atoms with Gasteiger partial charge in [-0.2, -0.15) is 5.10 Å². The highest BCUT2D eigenvalue weighted by Gasteiger charge is 2.09. The molecule has 0 unspecified atom stereocenters. The number of rotatable bonds is 1. The van der Waals surface area contributed by atoms with E-state index in [4.69, 9.17) is 4.74 Å². The van der Waals surface area contributed by atoms with Gasteiger partial charge < -0.3 is 4.74 Å². The van der Waals surface area contributed by atoms with Gasteiger partial charge in [0.05, 0.1) is 7.11 Å². The Morgan fingerprint density at radius 3 is 3.08 bits per heavy atom. The number of ether oxygens (including phenoxy) is 1. The van der Waals surface area contributed by atoms with Crippen molar-refractivity contribution in [2.45, 2.75) is 0 Å². The molecular weight excluding hydrogens is 239 g/mol. The lowest BCUT2D eigenvalue weighted by molar-refractivity contribution is 0.389. The molecule has 3 nitrogen and oxygen atoms in total. The van der Waals surface area contributed by atoms with Crippen molar-refractivity contribution in [3.63, 3.8) is 0 Å². The van der Waals surface area contributed by atoms with E-state index in [1.165, 1.54) is 19.4 Å². The van der Waals surface area contributed by atoms with E-state index in [9.17, 15) is 4.39 Å². The van der Waals surface area contributed by atoms with Crippen LogP contribution in [0.15, 0.2) is 22.9 Å². The summed E-state index contributed by atoms with van der Waals surface area (Å²) in [6, 6.07) is 3.01. The third-order valence-electron chi connectivity index (χ3n) is 1.72. The number of pyridine rings is 1. The lowest BCUT2D eigenvalue weighted by atomic mass is 10.3. The van der Waals surface area contributed by atoms with Gasteiger partial charge in [-0.1, -0.05) is 0 Å². The second-order valence-corrected chi connectivity index (χ2v) is 3.31. The second kappa shape index (κ2) is 2.99. The van der Waals surface area contributed by atoms with Gasteiger partial charge in [0.25, 0.3) is 0 Å². The second-order valence-electron chi connectivity index (χ2n) is 2.49. The van der Waals surface area contributed by atoms with Gasteiger partial charge in [-0.05, 0) is 22.0 Å². The number of halogens is 2. The number of hydrogen-bond donors (Lipinski definition) is 0. The summed E-state index contributed by atoms with van der Waals surface area (Å²) in [5, 5.41) is 4.05. The van der Waals surface area contributed by atoms with E-state index in [2.05, 4.69) is 21.0 Å². The van der Waals surface area contributed by atoms with Crippen molar-refractivity contribution < 1.29 is 9.13 Å². The first-order valence-corrected chi connectivity index (χ1v) is 4.39. The monoisotopic (exact) mass is 244 g/mol. The molecule has 0 atom stereocenters. The SMILES string of the molecule is COc1c(F)ccn2nc(Br)cc12. The Labute approximate surface area is 82.2 Å². The fraction of sp³-hybridized carbons (Fsp3) is 0.125. The maximum absolute atomic E-state index is 13.1. The van der Waals surface area contributed by atoms with Crippen molar-refractivity contribution in [3.05, 3.63) is 28.7 Å². The first-order valence-electron chi connectivity index (χ1n) is 3.60. The lowest BCUT2D eigenvalue weighted by Gasteiger charge is -2.02. The Morgan fingerprint density at radius 1 is 1.62 bits per heavy atom. The van der Waals surface area contributed by atoms with Gasteiger partial charge in [-0.3, -0.25) is 0 Å². The molecular formula is C8H6BrFN2O. The van der Waals surface area contributed by atoms with E-state index in [0.29, 0.717) is 10.1 Å². The number of methoxy groups -OCH3 is 1. The van der Waals surface area contributed by atoms with Crippen LogP contribution in [0.2, 0.25) is 0 Å². The quantitative estimate of drug-likeness (QED) is 0.770. The summed E-state index contributed by atoms with van der Waals surface area (Å²) in [4.78, 5) is 0. The van der Waals surface area contributed by atoms with Crippen molar-refractivity contribution >= 4 is 21.4 Å². The molecule has 0 spiro atoms. The summed E-state index contributed by atoms with van der Waals surface area (Å²) in [6.45, 7) is 0. The van der Waals surface area contributed by atoms with Crippen molar-refractivity contribution in [2.75, 3.05) is 7.11 Å². The van der Waals surface area contributed by atoms with E-state index in [0.717, 1.165) is 0 Å². The Kier molecular flexibility index (Phi) is 1.95. The maximum Gasteiger partial charge on any atom is 0.180 e. The highest BCUT2D eigenvalue weighted by Crippen LogP contribution is 2.25. The third kappa shape index (κ3) is 1.29. The van der Waals surface area contributed by atoms with Crippen LogP contribution in [0.4, 0.5) is 4.39 Å². The van der Waals surface area contributed by atoms with Crippen LogP contribution >= 0.6 is 15.9 Å². The molecule has 13 heavy (non-hydrogen) atoms. The lowest BCUT2D eigenvalue weighted by Crippen LogP contribution is -1.93. The minimum absolute atomic E-state index is 0.209. The Bertz CT molecular complexity index is 455. The molecule has 0 saturated heterocycles. The van der Waals surface area contributed by atoms with E-state index in [1.807, 2.05) is 0 Å². The minimum atomic E-state index is -0.387. The summed E-state index contributed by atoms with van der Waals surface area (Å²) < 4.78 is 20.3. The number of fused-ring (bicyclic) bond motifs is 1. The van der Waals surface area contributed by atoms with E-state index in [-0.39, 0.29) is 11.6 Å². The van der Waals surface area contributed by atoms with Crippen molar-refractivity contribution in [2.24, 2.45) is 0 Å². The highest BCUT2D eigenvalue weighted by atomic mass is 79.9.